The van der Waals surface area contributed by atoms with E-state index in [0.29, 0.717) is 23.8 Å². The molecule has 2 N–H and O–H groups in total. The molecule has 0 bridgehead atoms. The van der Waals surface area contributed by atoms with Crippen LogP contribution in [0.15, 0.2) is 60.7 Å². The van der Waals surface area contributed by atoms with Crippen LogP contribution in [0.3, 0.4) is 0 Å². The first-order valence-electron chi connectivity index (χ1n) is 12.6. The Balaban J connectivity index is 1.18. The summed E-state index contributed by atoms with van der Waals surface area (Å²) in [6, 6.07) is 20.2. The molecule has 2 aliphatic heterocycles. The molecule has 3 amide bonds. The molecule has 4 heterocycles. The van der Waals surface area contributed by atoms with Gasteiger partial charge < -0.3 is 20.0 Å². The van der Waals surface area contributed by atoms with Crippen molar-refractivity contribution in [2.75, 3.05) is 32.0 Å². The highest BCUT2D eigenvalue weighted by atomic mass is 32.1. The molecule has 2 aromatic heterocycles. The van der Waals surface area contributed by atoms with Crippen LogP contribution in [0.1, 0.15) is 39.5 Å². The number of aromatic amines is 1. The fraction of sp³-hybridized carbons (Fsp3) is 0.321. The fourth-order valence-corrected chi connectivity index (χ4v) is 6.39. The molecule has 2 atom stereocenters. The Morgan fingerprint density at radius 1 is 1.08 bits per heavy atom. The molecule has 4 aromatic rings. The lowest BCUT2D eigenvalue weighted by molar-refractivity contribution is 0.0781. The van der Waals surface area contributed by atoms with Gasteiger partial charge in [0, 0.05) is 29.9 Å². The van der Waals surface area contributed by atoms with Crippen LogP contribution in [0, 0.1) is 0 Å². The first kappa shape index (κ1) is 23.7. The second-order valence-electron chi connectivity index (χ2n) is 9.95. The third kappa shape index (κ3) is 4.49. The number of amides is 3. The Morgan fingerprint density at radius 3 is 2.68 bits per heavy atom. The van der Waals surface area contributed by atoms with Crippen molar-refractivity contribution in [1.29, 1.82) is 0 Å². The molecule has 190 valence electrons. The maximum absolute atomic E-state index is 13.9. The quantitative estimate of drug-likeness (QED) is 0.412. The van der Waals surface area contributed by atoms with Crippen LogP contribution in [0.25, 0.3) is 10.1 Å². The zero-order valence-corrected chi connectivity index (χ0v) is 21.8. The molecule has 0 saturated carbocycles. The minimum Gasteiger partial charge on any atom is -0.319 e. The summed E-state index contributed by atoms with van der Waals surface area (Å²) in [5.74, 6) is 0.314. The van der Waals surface area contributed by atoms with Crippen molar-refractivity contribution in [1.82, 2.24) is 24.9 Å². The van der Waals surface area contributed by atoms with Crippen LogP contribution in [-0.2, 0) is 13.0 Å². The van der Waals surface area contributed by atoms with E-state index in [1.807, 2.05) is 65.3 Å². The van der Waals surface area contributed by atoms with Gasteiger partial charge in [-0.25, -0.2) is 4.79 Å². The van der Waals surface area contributed by atoms with Crippen LogP contribution in [0.2, 0.25) is 0 Å². The zero-order valence-electron chi connectivity index (χ0n) is 21.0. The number of hydrogen-bond acceptors (Lipinski definition) is 5. The number of carbonyl (C=O) groups is 2. The van der Waals surface area contributed by atoms with Crippen LogP contribution in [0.4, 0.5) is 10.6 Å². The summed E-state index contributed by atoms with van der Waals surface area (Å²) in [6.45, 7) is 4.81. The maximum atomic E-state index is 13.9. The Labute approximate surface area is 219 Å². The Bertz CT molecular complexity index is 1410. The van der Waals surface area contributed by atoms with E-state index < -0.39 is 0 Å². The Hall–Kier alpha value is -3.69. The van der Waals surface area contributed by atoms with Gasteiger partial charge >= 0.3 is 6.03 Å². The number of fused-ring (bicyclic) bond motifs is 2. The van der Waals surface area contributed by atoms with Crippen LogP contribution in [0.5, 0.6) is 0 Å². The largest absolute Gasteiger partial charge is 0.321 e. The summed E-state index contributed by atoms with van der Waals surface area (Å²) >= 11 is 1.46. The van der Waals surface area contributed by atoms with Crippen molar-refractivity contribution >= 4 is 39.2 Å². The number of nitrogens with one attached hydrogen (secondary N) is 2. The van der Waals surface area contributed by atoms with E-state index in [1.165, 1.54) is 16.9 Å². The van der Waals surface area contributed by atoms with Gasteiger partial charge in [-0.05, 0) is 43.5 Å². The highest BCUT2D eigenvalue weighted by Gasteiger charge is 2.40. The van der Waals surface area contributed by atoms with Crippen LogP contribution >= 0.6 is 11.3 Å². The van der Waals surface area contributed by atoms with E-state index in [-0.39, 0.29) is 24.0 Å². The zero-order chi connectivity index (χ0) is 25.5. The van der Waals surface area contributed by atoms with Gasteiger partial charge in [-0.1, -0.05) is 48.5 Å². The molecule has 1 saturated heterocycles. The number of piperazine rings is 1. The second-order valence-corrected chi connectivity index (χ2v) is 11.0. The second kappa shape index (κ2) is 9.64. The molecule has 0 aliphatic carbocycles. The van der Waals surface area contributed by atoms with E-state index in [1.54, 1.807) is 0 Å². The number of rotatable bonds is 4. The van der Waals surface area contributed by atoms with Crippen molar-refractivity contribution in [3.8, 4) is 0 Å². The monoisotopic (exact) mass is 514 g/mol. The summed E-state index contributed by atoms with van der Waals surface area (Å²) in [4.78, 5) is 33.7. The van der Waals surface area contributed by atoms with E-state index in [4.69, 9.17) is 0 Å². The molecule has 9 heteroatoms. The van der Waals surface area contributed by atoms with Gasteiger partial charge in [-0.3, -0.25) is 9.89 Å². The molecule has 1 unspecified atom stereocenters. The molecule has 1 fully saturated rings. The Morgan fingerprint density at radius 2 is 1.86 bits per heavy atom. The fourth-order valence-electron chi connectivity index (χ4n) is 5.44. The first-order valence-corrected chi connectivity index (χ1v) is 13.5. The van der Waals surface area contributed by atoms with Gasteiger partial charge in [0.05, 0.1) is 29.2 Å². The summed E-state index contributed by atoms with van der Waals surface area (Å²) in [5, 5.41) is 11.5. The first-order chi connectivity index (χ1) is 18.0. The minimum absolute atomic E-state index is 0.0351. The number of H-pyrrole nitrogens is 1. The molecule has 8 nitrogen and oxygen atoms in total. The van der Waals surface area contributed by atoms with Crippen LogP contribution < -0.4 is 5.32 Å². The summed E-state index contributed by atoms with van der Waals surface area (Å²) < 4.78 is 1.07. The highest BCUT2D eigenvalue weighted by molar-refractivity contribution is 7.20. The molecule has 0 radical (unpaired) electrons. The smallest absolute Gasteiger partial charge is 0.319 e. The van der Waals surface area contributed by atoms with Crippen molar-refractivity contribution in [2.24, 2.45) is 0 Å². The van der Waals surface area contributed by atoms with E-state index in [0.717, 1.165) is 40.9 Å². The predicted molar refractivity (Wildman–Crippen MR) is 146 cm³/mol. The number of aromatic nitrogens is 2. The van der Waals surface area contributed by atoms with E-state index in [9.17, 15) is 9.59 Å². The van der Waals surface area contributed by atoms with Gasteiger partial charge in [-0.2, -0.15) is 5.10 Å². The lowest BCUT2D eigenvalue weighted by Gasteiger charge is -2.42. The number of nitrogens with zero attached hydrogens (tertiary/aromatic N) is 4. The maximum Gasteiger partial charge on any atom is 0.321 e. The number of thiophene rings is 1. The molecular weight excluding hydrogens is 484 g/mol. The third-order valence-electron chi connectivity index (χ3n) is 7.49. The van der Waals surface area contributed by atoms with Gasteiger partial charge in [0.25, 0.3) is 5.91 Å². The SMILES string of the molecule is CC1c2[nH]nc(NC(=O)c3cc4ccccc4s3)c2CN1C(=O)N1CCN(C)C[C@@H]1Cc1ccccc1. The minimum atomic E-state index is -0.185. The Kier molecular flexibility index (Phi) is 6.18. The molecule has 2 aromatic carbocycles. The number of likely N-dealkylation sites (N-methyl/N-ethyl adjacent to an activating group) is 1. The number of benzene rings is 2. The molecule has 2 aliphatic rings. The molecule has 37 heavy (non-hydrogen) atoms. The summed E-state index contributed by atoms with van der Waals surface area (Å²) in [5.41, 5.74) is 2.99. The van der Waals surface area contributed by atoms with E-state index in [2.05, 4.69) is 39.6 Å². The predicted octanol–water partition coefficient (Wildman–Crippen LogP) is 4.73. The van der Waals surface area contributed by atoms with Gasteiger partial charge in [0.1, 0.15) is 0 Å². The van der Waals surface area contributed by atoms with Gasteiger partial charge in [-0.15, -0.1) is 11.3 Å². The third-order valence-corrected chi connectivity index (χ3v) is 8.60. The number of urea groups is 1. The van der Waals surface area contributed by atoms with Crippen molar-refractivity contribution in [3.05, 3.63) is 82.4 Å². The average molecular weight is 515 g/mol. The van der Waals surface area contributed by atoms with Crippen molar-refractivity contribution in [3.63, 3.8) is 0 Å². The topological polar surface area (TPSA) is 84.6 Å². The molecular formula is C28H30N6O2S. The van der Waals surface area contributed by atoms with Gasteiger partial charge in [0.15, 0.2) is 5.82 Å². The van der Waals surface area contributed by atoms with Gasteiger partial charge in [0.2, 0.25) is 0 Å². The molecule has 0 spiro atoms. The highest BCUT2D eigenvalue weighted by Crippen LogP contribution is 2.37. The van der Waals surface area contributed by atoms with Crippen LogP contribution in [-0.4, -0.2) is 69.6 Å². The number of carbonyl (C=O) groups excluding carboxylic acids is 2. The average Bonchev–Trinajstić information content (AvgIpc) is 3.60. The van der Waals surface area contributed by atoms with Crippen molar-refractivity contribution in [2.45, 2.75) is 32.0 Å². The van der Waals surface area contributed by atoms with E-state index >= 15 is 0 Å². The normalized spacial score (nSPS) is 19.8. The summed E-state index contributed by atoms with van der Waals surface area (Å²) in [6.07, 6.45) is 0.822. The lowest BCUT2D eigenvalue weighted by atomic mass is 10.0. The number of anilines is 1. The lowest BCUT2D eigenvalue weighted by Crippen LogP contribution is -2.57. The van der Waals surface area contributed by atoms with Crippen molar-refractivity contribution < 1.29 is 9.59 Å². The molecule has 6 rings (SSSR count). The standard InChI is InChI=1S/C28H30N6O2S/c1-18-25-22(26(31-30-25)29-27(35)24-15-20-10-6-7-11-23(20)37-24)17-34(18)28(36)33-13-12-32(2)16-21(33)14-19-8-4-3-5-9-19/h3-11,15,18,21H,12-14,16-17H2,1-2H3,(H2,29,30,31,35)/t18?,21-/m0/s1. The number of hydrogen-bond donors (Lipinski definition) is 2. The summed E-state index contributed by atoms with van der Waals surface area (Å²) in [7, 11) is 2.11.